The van der Waals surface area contributed by atoms with Gasteiger partial charge in [0.1, 0.15) is 11.1 Å². The maximum atomic E-state index is 11.9. The molecule has 0 bridgehead atoms. The van der Waals surface area contributed by atoms with E-state index in [1.54, 1.807) is 4.52 Å². The van der Waals surface area contributed by atoms with E-state index in [4.69, 9.17) is 10.5 Å². The number of rotatable bonds is 7. The monoisotopic (exact) mass is 482 g/mol. The van der Waals surface area contributed by atoms with Gasteiger partial charge >= 0.3 is 0 Å². The number of nitrogens with two attached hydrogens (primary N) is 1. The minimum Gasteiger partial charge on any atom is -0.473 e. The summed E-state index contributed by atoms with van der Waals surface area (Å²) in [7, 11) is 0. The number of thiazole rings is 1. The Morgan fingerprint density at radius 2 is 2.00 bits per heavy atom. The molecule has 0 spiro atoms. The molecule has 1 saturated carbocycles. The summed E-state index contributed by atoms with van der Waals surface area (Å²) >= 11 is 2.99. The molecular formula is C23H26N6O2S2. The summed E-state index contributed by atoms with van der Waals surface area (Å²) in [6.45, 7) is 3.97. The lowest BCUT2D eigenvalue weighted by atomic mass is 9.96. The molecule has 33 heavy (non-hydrogen) atoms. The molecule has 0 saturated heterocycles. The lowest BCUT2D eigenvalue weighted by Crippen LogP contribution is -2.25. The lowest BCUT2D eigenvalue weighted by molar-refractivity contribution is -0.120. The van der Waals surface area contributed by atoms with Crippen molar-refractivity contribution in [2.45, 2.75) is 68.0 Å². The number of ether oxygens (including phenoxy) is 1. The molecular weight excluding hydrogens is 456 g/mol. The topological polar surface area (TPSA) is 108 Å². The number of carbonyl (C=O) groups excluding carboxylic acids is 1. The standard InChI is InChI=1S/C23H26N6O2S2/c1-13(2)20(21(24)30)22-25-16-9-8-15(12-17(16)33-22)32-23-27-26-18-10-11-19(28-29(18)23)31-14-6-4-3-5-7-14/h8-14,20H,3-7H2,1-2H3,(H2,24,30). The van der Waals surface area contributed by atoms with Gasteiger partial charge in [-0.15, -0.1) is 26.6 Å². The fourth-order valence-electron chi connectivity index (χ4n) is 4.19. The predicted molar refractivity (Wildman–Crippen MR) is 129 cm³/mol. The van der Waals surface area contributed by atoms with Gasteiger partial charge in [0, 0.05) is 11.0 Å². The SMILES string of the molecule is CC(C)C(C(N)=O)c1nc2ccc(Sc3nnc4ccc(OC5CCCCC5)nn34)cc2s1. The molecule has 3 aromatic heterocycles. The summed E-state index contributed by atoms with van der Waals surface area (Å²) in [6, 6.07) is 9.76. The molecule has 1 atom stereocenters. The molecule has 10 heteroatoms. The third-order valence-corrected chi connectivity index (χ3v) is 7.90. The zero-order valence-corrected chi connectivity index (χ0v) is 20.2. The number of primary amides is 1. The third kappa shape index (κ3) is 4.67. The van der Waals surface area contributed by atoms with Crippen LogP contribution in [0.15, 0.2) is 40.4 Å². The van der Waals surface area contributed by atoms with Crippen LogP contribution in [-0.2, 0) is 4.79 Å². The van der Waals surface area contributed by atoms with Crippen LogP contribution in [-0.4, -0.2) is 36.8 Å². The number of amides is 1. The van der Waals surface area contributed by atoms with Crippen molar-refractivity contribution in [3.05, 3.63) is 35.3 Å². The molecule has 1 aliphatic carbocycles. The Morgan fingerprint density at radius 1 is 1.18 bits per heavy atom. The molecule has 0 radical (unpaired) electrons. The van der Waals surface area contributed by atoms with Crippen LogP contribution in [0.5, 0.6) is 5.88 Å². The average Bonchev–Trinajstić information content (AvgIpc) is 3.37. The van der Waals surface area contributed by atoms with Crippen LogP contribution < -0.4 is 10.5 Å². The van der Waals surface area contributed by atoms with Crippen molar-refractivity contribution in [1.82, 2.24) is 24.8 Å². The Balaban J connectivity index is 1.40. The van der Waals surface area contributed by atoms with Crippen LogP contribution in [0.1, 0.15) is 56.9 Å². The predicted octanol–water partition coefficient (Wildman–Crippen LogP) is 4.82. The van der Waals surface area contributed by atoms with Crippen LogP contribution >= 0.6 is 23.1 Å². The first-order valence-corrected chi connectivity index (χ1v) is 12.9. The van der Waals surface area contributed by atoms with Crippen LogP contribution in [0.2, 0.25) is 0 Å². The minimum atomic E-state index is -0.384. The third-order valence-electron chi connectivity index (χ3n) is 5.87. The Labute approximate surface area is 199 Å². The first kappa shape index (κ1) is 22.1. The molecule has 1 aromatic carbocycles. The van der Waals surface area contributed by atoms with Gasteiger partial charge in [-0.05, 0) is 67.6 Å². The number of carbonyl (C=O) groups is 1. The minimum absolute atomic E-state index is 0.0929. The van der Waals surface area contributed by atoms with Gasteiger partial charge in [-0.25, -0.2) is 4.98 Å². The first-order chi connectivity index (χ1) is 16.0. The fraction of sp³-hybridized carbons (Fsp3) is 0.435. The molecule has 3 heterocycles. The Bertz CT molecular complexity index is 1290. The van der Waals surface area contributed by atoms with Gasteiger partial charge in [-0.1, -0.05) is 20.3 Å². The van der Waals surface area contributed by atoms with E-state index in [9.17, 15) is 4.79 Å². The summed E-state index contributed by atoms with van der Waals surface area (Å²) in [5, 5.41) is 14.6. The average molecular weight is 483 g/mol. The normalized spacial score (nSPS) is 16.0. The smallest absolute Gasteiger partial charge is 0.232 e. The zero-order valence-electron chi connectivity index (χ0n) is 18.6. The lowest BCUT2D eigenvalue weighted by Gasteiger charge is -2.22. The van der Waals surface area contributed by atoms with Crippen LogP contribution in [0.4, 0.5) is 0 Å². The summed E-state index contributed by atoms with van der Waals surface area (Å²) in [5.41, 5.74) is 7.16. The highest BCUT2D eigenvalue weighted by atomic mass is 32.2. The van der Waals surface area contributed by atoms with Gasteiger partial charge < -0.3 is 10.5 Å². The van der Waals surface area contributed by atoms with Crippen molar-refractivity contribution in [2.75, 3.05) is 0 Å². The number of hydrogen-bond donors (Lipinski definition) is 1. The van der Waals surface area contributed by atoms with E-state index in [0.717, 1.165) is 33.0 Å². The summed E-state index contributed by atoms with van der Waals surface area (Å²) in [5.74, 6) is -0.0308. The van der Waals surface area contributed by atoms with Gasteiger partial charge in [0.25, 0.3) is 0 Å². The Hall–Kier alpha value is -2.72. The van der Waals surface area contributed by atoms with E-state index in [1.807, 2.05) is 38.1 Å². The first-order valence-electron chi connectivity index (χ1n) is 11.2. The molecule has 1 fully saturated rings. The molecule has 172 valence electrons. The highest BCUT2D eigenvalue weighted by Crippen LogP contribution is 2.35. The van der Waals surface area contributed by atoms with Crippen molar-refractivity contribution in [1.29, 1.82) is 0 Å². The van der Waals surface area contributed by atoms with Crippen molar-refractivity contribution in [3.8, 4) is 5.88 Å². The number of benzene rings is 1. The number of aromatic nitrogens is 5. The van der Waals surface area contributed by atoms with E-state index in [2.05, 4.69) is 26.3 Å². The molecule has 2 N–H and O–H groups in total. The van der Waals surface area contributed by atoms with Gasteiger partial charge in [0.05, 0.1) is 16.1 Å². The van der Waals surface area contributed by atoms with E-state index in [0.29, 0.717) is 16.7 Å². The quantitative estimate of drug-likeness (QED) is 0.402. The van der Waals surface area contributed by atoms with Crippen molar-refractivity contribution >= 4 is 44.9 Å². The maximum Gasteiger partial charge on any atom is 0.232 e. The Kier molecular flexibility index (Phi) is 6.20. The largest absolute Gasteiger partial charge is 0.473 e. The highest BCUT2D eigenvalue weighted by Gasteiger charge is 2.25. The van der Waals surface area contributed by atoms with Gasteiger partial charge in [-0.2, -0.15) is 4.52 Å². The van der Waals surface area contributed by atoms with E-state index in [-0.39, 0.29) is 23.8 Å². The van der Waals surface area contributed by atoms with Gasteiger partial charge in [0.15, 0.2) is 5.65 Å². The van der Waals surface area contributed by atoms with Crippen LogP contribution in [0.25, 0.3) is 15.9 Å². The van der Waals surface area contributed by atoms with Crippen molar-refractivity contribution < 1.29 is 9.53 Å². The van der Waals surface area contributed by atoms with E-state index >= 15 is 0 Å². The highest BCUT2D eigenvalue weighted by molar-refractivity contribution is 7.99. The van der Waals surface area contributed by atoms with Crippen molar-refractivity contribution in [3.63, 3.8) is 0 Å². The molecule has 8 nitrogen and oxygen atoms in total. The molecule has 1 unspecified atom stereocenters. The number of hydrogen-bond acceptors (Lipinski definition) is 8. The van der Waals surface area contributed by atoms with Crippen molar-refractivity contribution in [2.24, 2.45) is 11.7 Å². The molecule has 1 aliphatic rings. The van der Waals surface area contributed by atoms with E-state index in [1.165, 1.54) is 42.4 Å². The summed E-state index contributed by atoms with van der Waals surface area (Å²) < 4.78 is 8.85. The van der Waals surface area contributed by atoms with Crippen LogP contribution in [0.3, 0.4) is 0 Å². The Morgan fingerprint density at radius 3 is 2.76 bits per heavy atom. The number of fused-ring (bicyclic) bond motifs is 2. The zero-order chi connectivity index (χ0) is 22.9. The molecule has 5 rings (SSSR count). The maximum absolute atomic E-state index is 11.9. The summed E-state index contributed by atoms with van der Waals surface area (Å²) in [6.07, 6.45) is 6.08. The van der Waals surface area contributed by atoms with Gasteiger partial charge in [0.2, 0.25) is 16.9 Å². The van der Waals surface area contributed by atoms with Gasteiger partial charge in [-0.3, -0.25) is 4.79 Å². The second kappa shape index (κ2) is 9.26. The summed E-state index contributed by atoms with van der Waals surface area (Å²) in [4.78, 5) is 17.6. The fourth-order valence-corrected chi connectivity index (χ4v) is 6.38. The number of nitrogens with zero attached hydrogens (tertiary/aromatic N) is 5. The second-order valence-electron chi connectivity index (χ2n) is 8.71. The van der Waals surface area contributed by atoms with E-state index < -0.39 is 0 Å². The molecule has 4 aromatic rings. The molecule has 1 amide bonds. The van der Waals surface area contributed by atoms with Crippen LogP contribution in [0, 0.1) is 5.92 Å². The second-order valence-corrected chi connectivity index (χ2v) is 10.8. The molecule has 0 aliphatic heterocycles.